The van der Waals surface area contributed by atoms with Gasteiger partial charge in [0.05, 0.1) is 18.6 Å². The number of benzene rings is 2. The first-order valence-electron chi connectivity index (χ1n) is 9.42. The van der Waals surface area contributed by atoms with Crippen molar-refractivity contribution in [1.82, 2.24) is 15.0 Å². The lowest BCUT2D eigenvalue weighted by Crippen LogP contribution is -2.49. The van der Waals surface area contributed by atoms with Gasteiger partial charge in [-0.2, -0.15) is 4.98 Å². The molecule has 1 fully saturated rings. The molecule has 1 aliphatic rings. The fourth-order valence-corrected chi connectivity index (χ4v) is 3.95. The smallest absolute Gasteiger partial charge is 0.286 e. The third-order valence-corrected chi connectivity index (χ3v) is 5.62. The lowest BCUT2D eigenvalue weighted by atomic mass is 10.2. The Kier molecular flexibility index (Phi) is 6.00. The highest BCUT2D eigenvalue weighted by Crippen LogP contribution is 2.28. The molecule has 0 N–H and O–H groups in total. The summed E-state index contributed by atoms with van der Waals surface area (Å²) in [6, 6.07) is 17.6. The lowest BCUT2D eigenvalue weighted by Gasteiger charge is -2.36. The molecule has 8 heteroatoms. The summed E-state index contributed by atoms with van der Waals surface area (Å²) in [6.45, 7) is 2.90. The summed E-state index contributed by atoms with van der Waals surface area (Å²) in [5.41, 5.74) is 1.96. The van der Waals surface area contributed by atoms with Crippen molar-refractivity contribution in [3.05, 3.63) is 54.6 Å². The van der Waals surface area contributed by atoms with Crippen LogP contribution in [0.3, 0.4) is 0 Å². The number of hydrogen-bond donors (Lipinski definition) is 0. The van der Waals surface area contributed by atoms with Gasteiger partial charge in [0.15, 0.2) is 0 Å². The van der Waals surface area contributed by atoms with Crippen molar-refractivity contribution in [1.29, 1.82) is 0 Å². The maximum Gasteiger partial charge on any atom is 0.286 e. The van der Waals surface area contributed by atoms with Gasteiger partial charge in [-0.1, -0.05) is 59.4 Å². The molecule has 4 rings (SSSR count). The van der Waals surface area contributed by atoms with Crippen molar-refractivity contribution in [3.63, 3.8) is 0 Å². The van der Waals surface area contributed by atoms with Gasteiger partial charge in [-0.25, -0.2) is 0 Å². The van der Waals surface area contributed by atoms with E-state index in [1.807, 2.05) is 59.5 Å². The zero-order valence-corrected chi connectivity index (χ0v) is 17.0. The number of aromatic nitrogens is 2. The Morgan fingerprint density at radius 1 is 1.07 bits per heavy atom. The number of thioether (sulfide) groups is 1. The zero-order valence-electron chi connectivity index (χ0n) is 16.2. The number of carbonyl (C=O) groups is 1. The first-order chi connectivity index (χ1) is 14.2. The second-order valence-electron chi connectivity index (χ2n) is 6.58. The van der Waals surface area contributed by atoms with Crippen LogP contribution in [0, 0.1) is 0 Å². The molecule has 1 aromatic heterocycles. The van der Waals surface area contributed by atoms with Gasteiger partial charge in [-0.3, -0.25) is 4.79 Å². The Morgan fingerprint density at radius 2 is 1.79 bits per heavy atom. The lowest BCUT2D eigenvalue weighted by molar-refractivity contribution is -0.128. The van der Waals surface area contributed by atoms with Crippen LogP contribution in [-0.4, -0.2) is 60.0 Å². The monoisotopic (exact) mass is 410 g/mol. The molecule has 1 amide bonds. The minimum Gasteiger partial charge on any atom is -0.495 e. The van der Waals surface area contributed by atoms with Gasteiger partial charge in [-0.05, 0) is 12.1 Å². The second-order valence-corrected chi connectivity index (χ2v) is 7.50. The maximum atomic E-state index is 12.6. The number of methoxy groups -OCH3 is 1. The normalized spacial score (nSPS) is 14.1. The zero-order chi connectivity index (χ0) is 20.1. The first kappa shape index (κ1) is 19.3. The molecule has 0 radical (unpaired) electrons. The van der Waals surface area contributed by atoms with Crippen LogP contribution in [0.25, 0.3) is 11.4 Å². The average molecular weight is 410 g/mol. The number of nitrogens with zero attached hydrogens (tertiary/aromatic N) is 4. The summed E-state index contributed by atoms with van der Waals surface area (Å²) in [6.07, 6.45) is 0. The molecule has 2 aromatic carbocycles. The number of para-hydroxylation sites is 2. The Morgan fingerprint density at radius 3 is 2.55 bits per heavy atom. The van der Waals surface area contributed by atoms with Gasteiger partial charge >= 0.3 is 0 Å². The third kappa shape index (κ3) is 4.54. The van der Waals surface area contributed by atoms with Crippen LogP contribution in [0.1, 0.15) is 0 Å². The Bertz CT molecular complexity index is 955. The van der Waals surface area contributed by atoms with Crippen LogP contribution in [0.5, 0.6) is 5.75 Å². The molecule has 0 atom stereocenters. The fourth-order valence-electron chi connectivity index (χ4n) is 3.28. The van der Waals surface area contributed by atoms with Crippen LogP contribution >= 0.6 is 11.8 Å². The Labute approximate surface area is 173 Å². The highest BCUT2D eigenvalue weighted by atomic mass is 32.2. The maximum absolute atomic E-state index is 12.6. The van der Waals surface area contributed by atoms with E-state index in [2.05, 4.69) is 15.0 Å². The predicted molar refractivity (Wildman–Crippen MR) is 112 cm³/mol. The summed E-state index contributed by atoms with van der Waals surface area (Å²) in [5, 5.41) is 4.39. The standard InChI is InChI=1S/C21H22N4O3S/c1-27-18-10-6-5-9-17(18)24-11-13-25(14-12-24)19(26)15-29-21-22-20(23-28-21)16-7-3-2-4-8-16/h2-10H,11-15H2,1H3. The van der Waals surface area contributed by atoms with E-state index < -0.39 is 0 Å². The minimum atomic E-state index is 0.0779. The topological polar surface area (TPSA) is 71.7 Å². The van der Waals surface area contributed by atoms with Gasteiger partial charge in [-0.15, -0.1) is 0 Å². The van der Waals surface area contributed by atoms with Crippen molar-refractivity contribution < 1.29 is 14.1 Å². The summed E-state index contributed by atoms with van der Waals surface area (Å²) in [5.74, 6) is 1.75. The van der Waals surface area contributed by atoms with Crippen LogP contribution in [0.4, 0.5) is 5.69 Å². The number of amides is 1. The van der Waals surface area contributed by atoms with Crippen LogP contribution in [0.15, 0.2) is 64.3 Å². The number of anilines is 1. The van der Waals surface area contributed by atoms with Crippen LogP contribution in [0.2, 0.25) is 0 Å². The van der Waals surface area contributed by atoms with E-state index in [0.717, 1.165) is 30.1 Å². The van der Waals surface area contributed by atoms with Gasteiger partial charge in [0.1, 0.15) is 5.75 Å². The van der Waals surface area contributed by atoms with Crippen molar-refractivity contribution in [2.75, 3.05) is 43.9 Å². The van der Waals surface area contributed by atoms with Crippen molar-refractivity contribution in [3.8, 4) is 17.1 Å². The molecule has 0 unspecified atom stereocenters. The van der Waals surface area contributed by atoms with E-state index in [1.54, 1.807) is 7.11 Å². The molecule has 2 heterocycles. The number of carbonyl (C=O) groups excluding carboxylic acids is 1. The second kappa shape index (κ2) is 9.00. The molecule has 3 aromatic rings. The molecular formula is C21H22N4O3S. The molecule has 1 saturated heterocycles. The quantitative estimate of drug-likeness (QED) is 0.578. The molecule has 0 saturated carbocycles. The number of rotatable bonds is 6. The molecule has 0 spiro atoms. The van der Waals surface area contributed by atoms with Crippen molar-refractivity contribution >= 4 is 23.4 Å². The van der Waals surface area contributed by atoms with E-state index >= 15 is 0 Å². The number of ether oxygens (including phenoxy) is 1. The Balaban J connectivity index is 1.29. The summed E-state index contributed by atoms with van der Waals surface area (Å²) in [7, 11) is 1.68. The van der Waals surface area contributed by atoms with Crippen molar-refractivity contribution in [2.24, 2.45) is 0 Å². The summed E-state index contributed by atoms with van der Waals surface area (Å²) >= 11 is 1.28. The molecular weight excluding hydrogens is 388 g/mol. The fraction of sp³-hybridized carbons (Fsp3) is 0.286. The van der Waals surface area contributed by atoms with E-state index in [-0.39, 0.29) is 11.7 Å². The summed E-state index contributed by atoms with van der Waals surface area (Å²) in [4.78, 5) is 21.1. The molecule has 1 aliphatic heterocycles. The van der Waals surface area contributed by atoms with Crippen molar-refractivity contribution in [2.45, 2.75) is 5.22 Å². The van der Waals surface area contributed by atoms with Gasteiger partial charge in [0.2, 0.25) is 11.7 Å². The van der Waals surface area contributed by atoms with Gasteiger partial charge in [0.25, 0.3) is 5.22 Å². The van der Waals surface area contributed by atoms with Gasteiger partial charge in [0, 0.05) is 31.7 Å². The van der Waals surface area contributed by atoms with E-state index in [9.17, 15) is 4.79 Å². The van der Waals surface area contributed by atoms with E-state index in [1.165, 1.54) is 11.8 Å². The molecule has 150 valence electrons. The van der Waals surface area contributed by atoms with Crippen LogP contribution in [-0.2, 0) is 4.79 Å². The van der Waals surface area contributed by atoms with E-state index in [4.69, 9.17) is 9.26 Å². The number of piperazine rings is 1. The summed E-state index contributed by atoms with van der Waals surface area (Å²) < 4.78 is 10.7. The highest BCUT2D eigenvalue weighted by Gasteiger charge is 2.23. The number of hydrogen-bond acceptors (Lipinski definition) is 7. The minimum absolute atomic E-state index is 0.0779. The highest BCUT2D eigenvalue weighted by molar-refractivity contribution is 7.99. The van der Waals surface area contributed by atoms with Gasteiger partial charge < -0.3 is 19.1 Å². The SMILES string of the molecule is COc1ccccc1N1CCN(C(=O)CSc2nc(-c3ccccc3)no2)CC1. The Hall–Kier alpha value is -3.00. The largest absolute Gasteiger partial charge is 0.495 e. The first-order valence-corrected chi connectivity index (χ1v) is 10.4. The molecule has 0 bridgehead atoms. The van der Waals surface area contributed by atoms with E-state index in [0.29, 0.717) is 24.1 Å². The van der Waals surface area contributed by atoms with Crippen LogP contribution < -0.4 is 9.64 Å². The molecule has 29 heavy (non-hydrogen) atoms. The molecule has 0 aliphatic carbocycles. The third-order valence-electron chi connectivity index (χ3n) is 4.82. The predicted octanol–water partition coefficient (Wildman–Crippen LogP) is 3.19. The average Bonchev–Trinajstić information content (AvgIpc) is 3.27. The molecule has 7 nitrogen and oxygen atoms in total.